The van der Waals surface area contributed by atoms with E-state index in [1.807, 2.05) is 48.5 Å². The Morgan fingerprint density at radius 1 is 0.933 bits per heavy atom. The Morgan fingerprint density at radius 2 is 1.80 bits per heavy atom. The van der Waals surface area contributed by atoms with E-state index in [2.05, 4.69) is 35.3 Å². The third-order valence-electron chi connectivity index (χ3n) is 5.10. The van der Waals surface area contributed by atoms with Crippen molar-refractivity contribution in [3.63, 3.8) is 0 Å². The van der Waals surface area contributed by atoms with Gasteiger partial charge in [0.15, 0.2) is 0 Å². The van der Waals surface area contributed by atoms with Crippen LogP contribution in [0.4, 0.5) is 0 Å². The Kier molecular flexibility index (Phi) is 6.02. The van der Waals surface area contributed by atoms with Crippen LogP contribution < -0.4 is 0 Å². The highest BCUT2D eigenvalue weighted by Gasteiger charge is 2.14. The van der Waals surface area contributed by atoms with Crippen LogP contribution in [0.25, 0.3) is 34.0 Å². The molecule has 0 spiro atoms. The van der Waals surface area contributed by atoms with Crippen LogP contribution in [-0.2, 0) is 17.8 Å². The average molecular weight is 400 g/mol. The lowest BCUT2D eigenvalue weighted by molar-refractivity contribution is 0.185. The van der Waals surface area contributed by atoms with Crippen molar-refractivity contribution in [1.29, 1.82) is 0 Å². The van der Waals surface area contributed by atoms with E-state index >= 15 is 0 Å². The summed E-state index contributed by atoms with van der Waals surface area (Å²) in [6.07, 6.45) is 0.597. The molecule has 30 heavy (non-hydrogen) atoms. The smallest absolute Gasteiger partial charge is 0.258 e. The zero-order valence-electron chi connectivity index (χ0n) is 17.1. The van der Waals surface area contributed by atoms with Crippen LogP contribution >= 0.6 is 0 Å². The van der Waals surface area contributed by atoms with Crippen LogP contribution in [0.1, 0.15) is 16.7 Å². The number of aromatic nitrogens is 2. The monoisotopic (exact) mass is 400 g/mol. The van der Waals surface area contributed by atoms with Gasteiger partial charge in [-0.1, -0.05) is 53.7 Å². The van der Waals surface area contributed by atoms with Crippen LogP contribution in [-0.4, -0.2) is 29.0 Å². The number of ether oxygens (including phenoxy) is 1. The maximum atomic E-state index is 9.17. The van der Waals surface area contributed by atoms with Gasteiger partial charge in [-0.25, -0.2) is 0 Å². The van der Waals surface area contributed by atoms with E-state index < -0.39 is 0 Å². The second kappa shape index (κ2) is 9.03. The Hall–Kier alpha value is -3.28. The molecule has 0 atom stereocenters. The summed E-state index contributed by atoms with van der Waals surface area (Å²) in [7, 11) is 1.69. The molecular formula is C25H24N2O3. The third kappa shape index (κ3) is 4.17. The van der Waals surface area contributed by atoms with Gasteiger partial charge in [0.25, 0.3) is 5.89 Å². The molecule has 0 aliphatic rings. The summed E-state index contributed by atoms with van der Waals surface area (Å²) < 4.78 is 11.0. The zero-order valence-corrected chi connectivity index (χ0v) is 17.1. The molecule has 0 aliphatic heterocycles. The van der Waals surface area contributed by atoms with Gasteiger partial charge < -0.3 is 14.4 Å². The minimum atomic E-state index is 0.108. The number of aliphatic hydroxyl groups is 1. The largest absolute Gasteiger partial charge is 0.396 e. The van der Waals surface area contributed by atoms with Gasteiger partial charge in [0.1, 0.15) is 0 Å². The summed E-state index contributed by atoms with van der Waals surface area (Å²) in [4.78, 5) is 4.59. The Bertz CT molecular complexity index is 1150. The Morgan fingerprint density at radius 3 is 2.60 bits per heavy atom. The topological polar surface area (TPSA) is 68.4 Å². The first-order valence-corrected chi connectivity index (χ1v) is 9.91. The number of nitrogens with zero attached hydrogens (tertiary/aromatic N) is 2. The first-order chi connectivity index (χ1) is 14.7. The van der Waals surface area contributed by atoms with E-state index in [9.17, 15) is 0 Å². The van der Waals surface area contributed by atoms with Gasteiger partial charge in [0.05, 0.1) is 6.61 Å². The Balaban J connectivity index is 1.69. The SMILES string of the molecule is COCc1cc(-c2nc(-c3cccc(CCO)c3)no2)ccc1-c1ccccc1C. The van der Waals surface area contributed by atoms with Gasteiger partial charge in [0.2, 0.25) is 5.82 Å². The highest BCUT2D eigenvalue weighted by molar-refractivity contribution is 5.74. The zero-order chi connectivity index (χ0) is 20.9. The van der Waals surface area contributed by atoms with Crippen molar-refractivity contribution in [2.75, 3.05) is 13.7 Å². The lowest BCUT2D eigenvalue weighted by Gasteiger charge is -2.12. The van der Waals surface area contributed by atoms with Crippen molar-refractivity contribution >= 4 is 0 Å². The fourth-order valence-corrected chi connectivity index (χ4v) is 3.59. The van der Waals surface area contributed by atoms with Gasteiger partial charge in [-0.05, 0) is 59.4 Å². The number of hydrogen-bond donors (Lipinski definition) is 1. The molecule has 4 rings (SSSR count). The first-order valence-electron chi connectivity index (χ1n) is 9.91. The molecule has 4 aromatic rings. The lowest BCUT2D eigenvalue weighted by Crippen LogP contribution is -1.95. The van der Waals surface area contributed by atoms with Crippen molar-refractivity contribution in [2.45, 2.75) is 20.0 Å². The van der Waals surface area contributed by atoms with E-state index in [1.54, 1.807) is 7.11 Å². The van der Waals surface area contributed by atoms with Crippen LogP contribution in [0.5, 0.6) is 0 Å². The van der Waals surface area contributed by atoms with Gasteiger partial charge in [-0.15, -0.1) is 0 Å². The van der Waals surface area contributed by atoms with Gasteiger partial charge in [-0.2, -0.15) is 4.98 Å². The first kappa shape index (κ1) is 20.0. The molecule has 0 amide bonds. The molecule has 152 valence electrons. The summed E-state index contributed by atoms with van der Waals surface area (Å²) in [6.45, 7) is 2.70. The van der Waals surface area contributed by atoms with E-state index in [4.69, 9.17) is 14.4 Å². The van der Waals surface area contributed by atoms with E-state index in [0.29, 0.717) is 24.7 Å². The summed E-state index contributed by atoms with van der Waals surface area (Å²) in [6, 6.07) is 22.3. The van der Waals surface area contributed by atoms with Crippen molar-refractivity contribution in [2.24, 2.45) is 0 Å². The molecule has 0 saturated carbocycles. The minimum absolute atomic E-state index is 0.108. The quantitative estimate of drug-likeness (QED) is 0.470. The van der Waals surface area contributed by atoms with E-state index in [-0.39, 0.29) is 6.61 Å². The molecule has 0 fully saturated rings. The number of benzene rings is 3. The summed E-state index contributed by atoms with van der Waals surface area (Å²) >= 11 is 0. The molecule has 0 unspecified atom stereocenters. The maximum Gasteiger partial charge on any atom is 0.258 e. The molecule has 0 saturated heterocycles. The Labute approximate surface area is 176 Å². The maximum absolute atomic E-state index is 9.17. The molecule has 1 aromatic heterocycles. The van der Waals surface area contributed by atoms with E-state index in [1.165, 1.54) is 11.1 Å². The molecule has 0 radical (unpaired) electrons. The molecule has 5 nitrogen and oxygen atoms in total. The van der Waals surface area contributed by atoms with Crippen LogP contribution in [0.3, 0.4) is 0 Å². The van der Waals surface area contributed by atoms with Gasteiger partial charge >= 0.3 is 0 Å². The molecule has 1 heterocycles. The number of methoxy groups -OCH3 is 1. The second-order valence-electron chi connectivity index (χ2n) is 7.22. The standard InChI is InChI=1S/C25H24N2O3/c1-17-6-3-4-9-22(17)23-11-10-20(15-21(23)16-29-2)25-26-24(27-30-25)19-8-5-7-18(14-19)12-13-28/h3-11,14-15,28H,12-13,16H2,1-2H3. The fourth-order valence-electron chi connectivity index (χ4n) is 3.59. The highest BCUT2D eigenvalue weighted by atomic mass is 16.5. The number of rotatable bonds is 7. The van der Waals surface area contributed by atoms with Crippen LogP contribution in [0.15, 0.2) is 71.3 Å². The van der Waals surface area contributed by atoms with Crippen molar-refractivity contribution in [3.8, 4) is 34.0 Å². The number of aliphatic hydroxyl groups excluding tert-OH is 1. The number of aryl methyl sites for hydroxylation is 1. The summed E-state index contributed by atoms with van der Waals surface area (Å²) in [5.74, 6) is 0.993. The molecule has 1 N–H and O–H groups in total. The fraction of sp³-hybridized carbons (Fsp3) is 0.200. The predicted molar refractivity (Wildman–Crippen MR) is 117 cm³/mol. The van der Waals surface area contributed by atoms with Crippen molar-refractivity contribution in [1.82, 2.24) is 10.1 Å². The lowest BCUT2D eigenvalue weighted by atomic mass is 9.94. The molecule has 3 aromatic carbocycles. The molecule has 0 bridgehead atoms. The minimum Gasteiger partial charge on any atom is -0.396 e. The predicted octanol–water partition coefficient (Wildman–Crippen LogP) is 5.06. The molecular weight excluding hydrogens is 376 g/mol. The normalized spacial score (nSPS) is 11.0. The molecule has 5 heteroatoms. The average Bonchev–Trinajstić information content (AvgIpc) is 3.25. The summed E-state index contributed by atoms with van der Waals surface area (Å²) in [5, 5.41) is 13.3. The second-order valence-corrected chi connectivity index (χ2v) is 7.22. The third-order valence-corrected chi connectivity index (χ3v) is 5.10. The van der Waals surface area contributed by atoms with Gasteiger partial charge in [0, 0.05) is 24.8 Å². The molecule has 0 aliphatic carbocycles. The van der Waals surface area contributed by atoms with Crippen molar-refractivity contribution < 1.29 is 14.4 Å². The number of hydrogen-bond acceptors (Lipinski definition) is 5. The van der Waals surface area contributed by atoms with Crippen LogP contribution in [0, 0.1) is 6.92 Å². The summed E-state index contributed by atoms with van der Waals surface area (Å²) in [5.41, 5.74) is 7.35. The highest BCUT2D eigenvalue weighted by Crippen LogP contribution is 2.31. The van der Waals surface area contributed by atoms with Crippen molar-refractivity contribution in [3.05, 3.63) is 83.4 Å². The van der Waals surface area contributed by atoms with E-state index in [0.717, 1.165) is 27.8 Å². The van der Waals surface area contributed by atoms with Gasteiger partial charge in [-0.3, -0.25) is 0 Å². The van der Waals surface area contributed by atoms with Crippen LogP contribution in [0.2, 0.25) is 0 Å².